The summed E-state index contributed by atoms with van der Waals surface area (Å²) in [5.74, 6) is 0.783. The maximum atomic E-state index is 12.0. The van der Waals surface area contributed by atoms with Crippen molar-refractivity contribution in [2.24, 2.45) is 5.92 Å². The fraction of sp³-hybridized carbons (Fsp3) is 0.941. The third kappa shape index (κ3) is 3.98. The van der Waals surface area contributed by atoms with Crippen molar-refractivity contribution in [2.75, 3.05) is 46.4 Å². The van der Waals surface area contributed by atoms with Crippen molar-refractivity contribution in [3.05, 3.63) is 0 Å². The molecule has 1 amide bonds. The molecule has 0 N–H and O–H groups in total. The number of nitrogens with zero attached hydrogens (tertiary/aromatic N) is 2. The first-order valence-corrected chi connectivity index (χ1v) is 8.80. The van der Waals surface area contributed by atoms with Gasteiger partial charge in [0.2, 0.25) is 5.91 Å². The van der Waals surface area contributed by atoms with Gasteiger partial charge in [0.05, 0.1) is 32.8 Å². The van der Waals surface area contributed by atoms with Crippen LogP contribution in [0.4, 0.5) is 0 Å². The molecule has 0 aromatic rings. The summed E-state index contributed by atoms with van der Waals surface area (Å²) in [6.45, 7) is 9.29. The number of piperidine rings is 2. The van der Waals surface area contributed by atoms with Crippen LogP contribution in [0.1, 0.15) is 46.0 Å². The summed E-state index contributed by atoms with van der Waals surface area (Å²) in [5.41, 5.74) is 0. The SMILES string of the molecule is CCN(CC)C(=O)COCC1CCC[N+]2(C)CCCCC12. The molecule has 3 unspecified atom stereocenters. The number of amides is 1. The summed E-state index contributed by atoms with van der Waals surface area (Å²) in [5, 5.41) is 0. The average molecular weight is 297 g/mol. The van der Waals surface area contributed by atoms with Gasteiger partial charge in [0.25, 0.3) is 0 Å². The molecule has 3 atom stereocenters. The molecule has 2 rings (SSSR count). The van der Waals surface area contributed by atoms with E-state index in [0.29, 0.717) is 5.92 Å². The Labute approximate surface area is 130 Å². The van der Waals surface area contributed by atoms with E-state index in [1.165, 1.54) is 49.7 Å². The minimum absolute atomic E-state index is 0.136. The largest absolute Gasteiger partial charge is 0.371 e. The van der Waals surface area contributed by atoms with Gasteiger partial charge in [-0.15, -0.1) is 0 Å². The van der Waals surface area contributed by atoms with Crippen LogP contribution in [0.5, 0.6) is 0 Å². The van der Waals surface area contributed by atoms with Crippen LogP contribution in [-0.4, -0.2) is 67.8 Å². The number of rotatable bonds is 6. The molecule has 21 heavy (non-hydrogen) atoms. The van der Waals surface area contributed by atoms with Crippen LogP contribution >= 0.6 is 0 Å². The molecule has 4 heteroatoms. The number of quaternary nitrogens is 1. The van der Waals surface area contributed by atoms with Crippen molar-refractivity contribution in [2.45, 2.75) is 52.0 Å². The topological polar surface area (TPSA) is 29.5 Å². The zero-order valence-electron chi connectivity index (χ0n) is 14.1. The Bertz CT molecular complexity index is 340. The Morgan fingerprint density at radius 3 is 2.57 bits per heavy atom. The minimum Gasteiger partial charge on any atom is -0.371 e. The fourth-order valence-corrected chi connectivity index (χ4v) is 4.39. The molecule has 2 aliphatic heterocycles. The van der Waals surface area contributed by atoms with E-state index >= 15 is 0 Å². The molecule has 0 radical (unpaired) electrons. The normalized spacial score (nSPS) is 32.5. The Kier molecular flexibility index (Phi) is 6.06. The summed E-state index contributed by atoms with van der Waals surface area (Å²) in [4.78, 5) is 13.8. The maximum absolute atomic E-state index is 12.0. The number of ether oxygens (including phenoxy) is 1. The third-order valence-corrected chi connectivity index (χ3v) is 5.68. The number of likely N-dealkylation sites (N-methyl/N-ethyl adjacent to an activating group) is 1. The summed E-state index contributed by atoms with van der Waals surface area (Å²) in [7, 11) is 2.43. The van der Waals surface area contributed by atoms with E-state index < -0.39 is 0 Å². The molecule has 0 spiro atoms. The monoisotopic (exact) mass is 297 g/mol. The van der Waals surface area contributed by atoms with Gasteiger partial charge in [-0.25, -0.2) is 0 Å². The highest BCUT2D eigenvalue weighted by atomic mass is 16.5. The number of carbonyl (C=O) groups is 1. The molecular formula is C17H33N2O2+. The van der Waals surface area contributed by atoms with Crippen LogP contribution in [0.3, 0.4) is 0 Å². The molecule has 0 bridgehead atoms. The lowest BCUT2D eigenvalue weighted by Crippen LogP contribution is -2.61. The van der Waals surface area contributed by atoms with Crippen molar-refractivity contribution in [1.82, 2.24) is 4.90 Å². The van der Waals surface area contributed by atoms with E-state index in [0.717, 1.165) is 25.7 Å². The molecular weight excluding hydrogens is 264 g/mol. The molecule has 0 aromatic heterocycles. The molecule has 2 fully saturated rings. The van der Waals surface area contributed by atoms with Gasteiger partial charge in [-0.05, 0) is 39.5 Å². The molecule has 0 aromatic carbocycles. The molecule has 122 valence electrons. The Morgan fingerprint density at radius 2 is 1.86 bits per heavy atom. The van der Waals surface area contributed by atoms with Crippen LogP contribution in [0.15, 0.2) is 0 Å². The number of hydrogen-bond acceptors (Lipinski definition) is 2. The minimum atomic E-state index is 0.136. The van der Waals surface area contributed by atoms with Crippen LogP contribution in [0.25, 0.3) is 0 Å². The van der Waals surface area contributed by atoms with Gasteiger partial charge in [0.1, 0.15) is 6.61 Å². The number of hydrogen-bond donors (Lipinski definition) is 0. The number of fused-ring (bicyclic) bond motifs is 1. The second-order valence-electron chi connectivity index (χ2n) is 6.97. The quantitative estimate of drug-likeness (QED) is 0.704. The predicted octanol–water partition coefficient (Wildman–Crippen LogP) is 2.28. The summed E-state index contributed by atoms with van der Waals surface area (Å²) in [6.07, 6.45) is 6.67. The molecule has 0 aliphatic carbocycles. The lowest BCUT2D eigenvalue weighted by atomic mass is 9.82. The van der Waals surface area contributed by atoms with Gasteiger partial charge >= 0.3 is 0 Å². The first-order valence-electron chi connectivity index (χ1n) is 8.80. The van der Waals surface area contributed by atoms with Gasteiger partial charge in [-0.2, -0.15) is 0 Å². The third-order valence-electron chi connectivity index (χ3n) is 5.68. The summed E-state index contributed by atoms with van der Waals surface area (Å²) in [6, 6.07) is 0.760. The summed E-state index contributed by atoms with van der Waals surface area (Å²) < 4.78 is 7.06. The van der Waals surface area contributed by atoms with Crippen molar-refractivity contribution in [3.63, 3.8) is 0 Å². The number of carbonyl (C=O) groups excluding carboxylic acids is 1. The predicted molar refractivity (Wildman–Crippen MR) is 85.0 cm³/mol. The highest BCUT2D eigenvalue weighted by molar-refractivity contribution is 5.77. The Hall–Kier alpha value is -0.610. The molecule has 2 heterocycles. The second-order valence-corrected chi connectivity index (χ2v) is 6.97. The smallest absolute Gasteiger partial charge is 0.248 e. The maximum Gasteiger partial charge on any atom is 0.248 e. The van der Waals surface area contributed by atoms with Crippen LogP contribution < -0.4 is 0 Å². The van der Waals surface area contributed by atoms with Gasteiger partial charge < -0.3 is 14.1 Å². The van der Waals surface area contributed by atoms with Crippen LogP contribution in [-0.2, 0) is 9.53 Å². The van der Waals surface area contributed by atoms with Gasteiger partial charge in [-0.3, -0.25) is 4.79 Å². The lowest BCUT2D eigenvalue weighted by Gasteiger charge is -2.51. The Morgan fingerprint density at radius 1 is 1.14 bits per heavy atom. The van der Waals surface area contributed by atoms with E-state index in [1.807, 2.05) is 18.7 Å². The van der Waals surface area contributed by atoms with Crippen LogP contribution in [0, 0.1) is 5.92 Å². The van der Waals surface area contributed by atoms with Crippen molar-refractivity contribution in [1.29, 1.82) is 0 Å². The van der Waals surface area contributed by atoms with E-state index in [1.54, 1.807) is 0 Å². The lowest BCUT2D eigenvalue weighted by molar-refractivity contribution is -0.947. The van der Waals surface area contributed by atoms with Crippen molar-refractivity contribution >= 4 is 5.91 Å². The zero-order valence-corrected chi connectivity index (χ0v) is 14.1. The molecule has 4 nitrogen and oxygen atoms in total. The van der Waals surface area contributed by atoms with Crippen LogP contribution in [0.2, 0.25) is 0 Å². The molecule has 2 saturated heterocycles. The van der Waals surface area contributed by atoms with Crippen molar-refractivity contribution in [3.8, 4) is 0 Å². The first-order chi connectivity index (χ1) is 10.1. The summed E-state index contributed by atoms with van der Waals surface area (Å²) >= 11 is 0. The molecule has 0 saturated carbocycles. The van der Waals surface area contributed by atoms with Crippen molar-refractivity contribution < 1.29 is 14.0 Å². The highest BCUT2D eigenvalue weighted by Crippen LogP contribution is 2.36. The van der Waals surface area contributed by atoms with Gasteiger partial charge in [0.15, 0.2) is 0 Å². The highest BCUT2D eigenvalue weighted by Gasteiger charge is 2.43. The average Bonchev–Trinajstić information content (AvgIpc) is 2.48. The standard InChI is InChI=1S/C17H33N2O2/c1-4-18(5-2)17(20)14-21-13-15-9-8-12-19(3)11-7-6-10-16(15)19/h15-16H,4-14H2,1-3H3/q+1. The fourth-order valence-electron chi connectivity index (χ4n) is 4.39. The first kappa shape index (κ1) is 16.8. The second kappa shape index (κ2) is 7.59. The van der Waals surface area contributed by atoms with Gasteiger partial charge in [-0.1, -0.05) is 0 Å². The van der Waals surface area contributed by atoms with Gasteiger partial charge in [0, 0.05) is 25.4 Å². The van der Waals surface area contributed by atoms with E-state index in [-0.39, 0.29) is 12.5 Å². The van der Waals surface area contributed by atoms with E-state index in [4.69, 9.17) is 4.74 Å². The molecule has 2 aliphatic rings. The zero-order chi connectivity index (χ0) is 15.3. The van der Waals surface area contributed by atoms with E-state index in [9.17, 15) is 4.79 Å². The Balaban J connectivity index is 1.81. The van der Waals surface area contributed by atoms with E-state index in [2.05, 4.69) is 7.05 Å².